The lowest BCUT2D eigenvalue weighted by Crippen LogP contribution is -2.33. The van der Waals surface area contributed by atoms with E-state index in [-0.39, 0.29) is 10.8 Å². The smallest absolute Gasteiger partial charge is 0.0818 e. The van der Waals surface area contributed by atoms with Crippen LogP contribution in [-0.4, -0.2) is 24.6 Å². The highest BCUT2D eigenvalue weighted by molar-refractivity contribution is 6.13. The van der Waals surface area contributed by atoms with Crippen LogP contribution in [-0.2, 0) is 10.8 Å². The van der Waals surface area contributed by atoms with Gasteiger partial charge in [-0.05, 0) is 117 Å². The van der Waals surface area contributed by atoms with Crippen molar-refractivity contribution in [2.75, 3.05) is 0 Å². The monoisotopic (exact) mass is 953 g/mol. The fourth-order valence-corrected chi connectivity index (χ4v) is 11.7. The summed E-state index contributed by atoms with van der Waals surface area (Å²) in [4.78, 5) is 15.4. The average molecular weight is 954 g/mol. The molecule has 0 aliphatic heterocycles. The van der Waals surface area contributed by atoms with Crippen molar-refractivity contribution in [1.29, 1.82) is 0 Å². The third-order valence-corrected chi connectivity index (χ3v) is 15.7. The number of para-hydroxylation sites is 1. The Morgan fingerprint density at radius 1 is 0.365 bits per heavy atom. The first-order chi connectivity index (χ1) is 36.1. The van der Waals surface area contributed by atoms with E-state index in [1.165, 1.54) is 22.3 Å². The van der Waals surface area contributed by atoms with Crippen LogP contribution >= 0.6 is 0 Å². The predicted molar refractivity (Wildman–Crippen MR) is 307 cm³/mol. The van der Waals surface area contributed by atoms with Crippen molar-refractivity contribution in [2.24, 2.45) is 0 Å². The summed E-state index contributed by atoms with van der Waals surface area (Å²) in [6.45, 7) is 11.7. The Hall–Kier alpha value is -8.80. The average Bonchev–Trinajstić information content (AvgIpc) is 3.90. The quantitative estimate of drug-likeness (QED) is 0.142. The molecule has 0 N–H and O–H groups in total. The van der Waals surface area contributed by atoms with Gasteiger partial charge in [0.25, 0.3) is 0 Å². The Labute approximate surface area is 432 Å². The van der Waals surface area contributed by atoms with Crippen molar-refractivity contribution < 1.29 is 0 Å². The number of nitrogens with zero attached hydrogens (tertiary/aromatic N) is 5. The molecular formula is C69H55N5. The van der Waals surface area contributed by atoms with E-state index in [0.29, 0.717) is 0 Å². The van der Waals surface area contributed by atoms with Gasteiger partial charge in [0, 0.05) is 68.2 Å². The summed E-state index contributed by atoms with van der Waals surface area (Å²) in [6.07, 6.45) is 8.29. The van der Waals surface area contributed by atoms with Crippen LogP contribution in [0.5, 0.6) is 0 Å². The van der Waals surface area contributed by atoms with E-state index < -0.39 is 0 Å². The molecule has 7 aromatic carbocycles. The second-order valence-electron chi connectivity index (χ2n) is 21.4. The second-order valence-corrected chi connectivity index (χ2v) is 21.4. The largest absolute Gasteiger partial charge is 0.256 e. The van der Waals surface area contributed by atoms with Crippen molar-refractivity contribution in [1.82, 2.24) is 24.6 Å². The van der Waals surface area contributed by atoms with Gasteiger partial charge in [0.2, 0.25) is 0 Å². The number of fused-ring (bicyclic) bond motifs is 8. The summed E-state index contributed by atoms with van der Waals surface area (Å²) in [5.41, 5.74) is 24.3. The van der Waals surface area contributed by atoms with E-state index in [1.54, 1.807) is 0 Å². The van der Waals surface area contributed by atoms with Gasteiger partial charge in [0.15, 0.2) is 0 Å². The zero-order valence-electron chi connectivity index (χ0n) is 42.4. The fourth-order valence-electron chi connectivity index (χ4n) is 11.7. The molecular weight excluding hydrogens is 899 g/mol. The molecule has 0 fully saturated rings. The number of aryl methyl sites for hydroxylation is 1. The van der Waals surface area contributed by atoms with E-state index in [0.717, 1.165) is 124 Å². The zero-order chi connectivity index (χ0) is 50.1. The molecule has 0 atom stereocenters. The Morgan fingerprint density at radius 3 is 1.30 bits per heavy atom. The lowest BCUT2D eigenvalue weighted by Gasteiger charge is -2.38. The number of rotatable bonds is 8. The molecule has 5 heterocycles. The van der Waals surface area contributed by atoms with Gasteiger partial charge in [-0.3, -0.25) is 15.0 Å². The number of hydrogen-bond donors (Lipinski definition) is 0. The third kappa shape index (κ3) is 7.70. The van der Waals surface area contributed by atoms with Crippen LogP contribution in [0.3, 0.4) is 0 Å². The molecule has 74 heavy (non-hydrogen) atoms. The van der Waals surface area contributed by atoms with Gasteiger partial charge in [0.05, 0.1) is 33.6 Å². The molecule has 0 spiro atoms. The zero-order valence-corrected chi connectivity index (χ0v) is 42.4. The SMILES string of the molecule is Cc1cccc2c3ncc(-c4ccccc4-c4cc(-c5ccccc5-c5ccc(-c6ccccc6)nc5)cc(-c5ccccc5-c5ccc(-c6ccccc6)nc5)c4)cc3c3c4c(nn3c12)C(C)(C)CCC4(C)C. The molecule has 0 amide bonds. The Balaban J connectivity index is 1.02. The van der Waals surface area contributed by atoms with Gasteiger partial charge >= 0.3 is 0 Å². The van der Waals surface area contributed by atoms with Gasteiger partial charge in [-0.25, -0.2) is 4.52 Å². The van der Waals surface area contributed by atoms with Gasteiger partial charge in [0.1, 0.15) is 0 Å². The van der Waals surface area contributed by atoms with Crippen LogP contribution in [0.25, 0.3) is 117 Å². The van der Waals surface area contributed by atoms with Crippen molar-refractivity contribution in [3.05, 3.63) is 236 Å². The lowest BCUT2D eigenvalue weighted by molar-refractivity contribution is 0.328. The van der Waals surface area contributed by atoms with Crippen LogP contribution in [0.15, 0.2) is 219 Å². The second kappa shape index (κ2) is 17.7. The van der Waals surface area contributed by atoms with Crippen molar-refractivity contribution in [3.63, 3.8) is 0 Å². The minimum atomic E-state index is -0.0623. The summed E-state index contributed by atoms with van der Waals surface area (Å²) >= 11 is 0. The highest BCUT2D eigenvalue weighted by Gasteiger charge is 2.42. The molecule has 5 aromatic heterocycles. The van der Waals surface area contributed by atoms with E-state index in [1.807, 2.05) is 24.5 Å². The topological polar surface area (TPSA) is 56.0 Å². The van der Waals surface area contributed by atoms with Gasteiger partial charge in [-0.15, -0.1) is 0 Å². The molecule has 12 aromatic rings. The van der Waals surface area contributed by atoms with Crippen molar-refractivity contribution >= 4 is 27.3 Å². The highest BCUT2D eigenvalue weighted by Crippen LogP contribution is 2.50. The summed E-state index contributed by atoms with van der Waals surface area (Å²) in [6, 6.07) is 71.7. The number of hydrogen-bond acceptors (Lipinski definition) is 4. The maximum Gasteiger partial charge on any atom is 0.0818 e. The van der Waals surface area contributed by atoms with Crippen LogP contribution in [0.4, 0.5) is 0 Å². The first-order valence-corrected chi connectivity index (χ1v) is 25.8. The maximum absolute atomic E-state index is 5.56. The maximum atomic E-state index is 5.56. The first kappa shape index (κ1) is 45.1. The predicted octanol–water partition coefficient (Wildman–Crippen LogP) is 17.8. The molecule has 0 saturated heterocycles. The normalized spacial score (nSPS) is 13.9. The molecule has 0 radical (unpaired) electrons. The van der Waals surface area contributed by atoms with E-state index >= 15 is 0 Å². The third-order valence-electron chi connectivity index (χ3n) is 15.7. The first-order valence-electron chi connectivity index (χ1n) is 25.8. The van der Waals surface area contributed by atoms with E-state index in [9.17, 15) is 0 Å². The summed E-state index contributed by atoms with van der Waals surface area (Å²) in [5, 5.41) is 7.81. The van der Waals surface area contributed by atoms with E-state index in [4.69, 9.17) is 20.1 Å². The van der Waals surface area contributed by atoms with E-state index in [2.05, 4.69) is 233 Å². The molecule has 5 nitrogen and oxygen atoms in total. The van der Waals surface area contributed by atoms with Crippen molar-refractivity contribution in [2.45, 2.75) is 58.3 Å². The molecule has 0 unspecified atom stereocenters. The number of pyridine rings is 4. The summed E-state index contributed by atoms with van der Waals surface area (Å²) in [5.74, 6) is 0. The van der Waals surface area contributed by atoms with Crippen LogP contribution in [0.2, 0.25) is 0 Å². The molecule has 13 rings (SSSR count). The molecule has 356 valence electrons. The lowest BCUT2D eigenvalue weighted by atomic mass is 9.65. The van der Waals surface area contributed by atoms with Gasteiger partial charge in [-0.1, -0.05) is 191 Å². The molecule has 0 bridgehead atoms. The minimum absolute atomic E-state index is 0.0555. The van der Waals surface area contributed by atoms with Crippen molar-refractivity contribution in [3.8, 4) is 89.3 Å². The van der Waals surface area contributed by atoms with Gasteiger partial charge in [-0.2, -0.15) is 5.10 Å². The molecule has 1 aliphatic rings. The molecule has 5 heteroatoms. The molecule has 1 aliphatic carbocycles. The number of benzene rings is 7. The molecule has 0 saturated carbocycles. The number of aromatic nitrogens is 5. The Morgan fingerprint density at radius 2 is 0.811 bits per heavy atom. The standard InChI is InChI=1S/C69H55N5/c1-44-19-18-30-59-64-60(66-63-67(73-74(66)65(44)59)69(4,5)36-35-68(63,2)3)40-52(43-72-64)58-29-17-16-28-57(58)51-38-49(55-26-14-12-24-53(55)47-31-33-61(70-41-47)45-20-8-6-9-21-45)37-50(39-51)56-27-15-13-25-54(56)48-32-34-62(71-42-48)46-22-10-7-11-23-46/h6-34,37-43H,35-36H2,1-5H3. The minimum Gasteiger partial charge on any atom is -0.256 e. The summed E-state index contributed by atoms with van der Waals surface area (Å²) in [7, 11) is 0. The highest BCUT2D eigenvalue weighted by atomic mass is 15.2. The van der Waals surface area contributed by atoms with Crippen LogP contribution in [0, 0.1) is 6.92 Å². The summed E-state index contributed by atoms with van der Waals surface area (Å²) < 4.78 is 2.27. The van der Waals surface area contributed by atoms with Crippen LogP contribution < -0.4 is 0 Å². The Kier molecular flexibility index (Phi) is 10.8. The van der Waals surface area contributed by atoms with Gasteiger partial charge < -0.3 is 0 Å². The fraction of sp³-hybridized carbons (Fsp3) is 0.130. The Bertz CT molecular complexity index is 3970. The van der Waals surface area contributed by atoms with Crippen LogP contribution in [0.1, 0.15) is 57.4 Å².